The molecule has 0 atom stereocenters. The standard InChI is InChI=1S/C26H41N3O/c1-2-3-4-5-6-7-8-9-10-11-12-13-14-15-16-17-18-23-26(30)29-25-22-20-19-21-24(25)27-28-29/h2,19-22H,1,3-18,23H2. The number of unbranched alkanes of at least 4 members (excludes halogenated alkanes) is 15. The molecule has 0 unspecified atom stereocenters. The molecule has 30 heavy (non-hydrogen) atoms. The summed E-state index contributed by atoms with van der Waals surface area (Å²) in [5.74, 6) is 0.0560. The molecule has 1 aromatic carbocycles. The topological polar surface area (TPSA) is 47.8 Å². The van der Waals surface area contributed by atoms with E-state index in [1.54, 1.807) is 0 Å². The summed E-state index contributed by atoms with van der Waals surface area (Å²) in [7, 11) is 0. The van der Waals surface area contributed by atoms with Crippen molar-refractivity contribution in [3.8, 4) is 0 Å². The first-order valence-electron chi connectivity index (χ1n) is 12.3. The molecular weight excluding hydrogens is 370 g/mol. The van der Waals surface area contributed by atoms with Gasteiger partial charge in [0.15, 0.2) is 0 Å². The quantitative estimate of drug-likeness (QED) is 0.185. The van der Waals surface area contributed by atoms with Crippen LogP contribution in [-0.2, 0) is 0 Å². The second-order valence-electron chi connectivity index (χ2n) is 8.51. The highest BCUT2D eigenvalue weighted by Gasteiger charge is 2.10. The summed E-state index contributed by atoms with van der Waals surface area (Å²) in [6, 6.07) is 7.63. The third-order valence-electron chi connectivity index (χ3n) is 5.89. The highest BCUT2D eigenvalue weighted by molar-refractivity contribution is 5.88. The fraction of sp³-hybridized carbons (Fsp3) is 0.654. The Kier molecular flexibility index (Phi) is 12.8. The molecule has 166 valence electrons. The van der Waals surface area contributed by atoms with E-state index in [4.69, 9.17) is 0 Å². The van der Waals surface area contributed by atoms with Gasteiger partial charge >= 0.3 is 0 Å². The monoisotopic (exact) mass is 411 g/mol. The summed E-state index contributed by atoms with van der Waals surface area (Å²) in [5, 5.41) is 8.06. The van der Waals surface area contributed by atoms with E-state index < -0.39 is 0 Å². The number of carbonyl (C=O) groups is 1. The third-order valence-corrected chi connectivity index (χ3v) is 5.89. The SMILES string of the molecule is C=CCCCCCCCCCCCCCCCCCC(=O)n1nnc2ccccc21. The van der Waals surface area contributed by atoms with Gasteiger partial charge in [0.05, 0.1) is 5.52 Å². The van der Waals surface area contributed by atoms with Gasteiger partial charge in [-0.25, -0.2) is 0 Å². The molecule has 0 aliphatic rings. The molecule has 0 spiro atoms. The highest BCUT2D eigenvalue weighted by Crippen LogP contribution is 2.15. The minimum Gasteiger partial charge on any atom is -0.273 e. The molecule has 1 aromatic heterocycles. The highest BCUT2D eigenvalue weighted by atomic mass is 16.2. The van der Waals surface area contributed by atoms with Gasteiger partial charge in [0.1, 0.15) is 5.52 Å². The molecule has 1 heterocycles. The number of fused-ring (bicyclic) bond motifs is 1. The molecule has 0 bridgehead atoms. The van der Waals surface area contributed by atoms with Crippen LogP contribution in [0.5, 0.6) is 0 Å². The van der Waals surface area contributed by atoms with Crippen molar-refractivity contribution in [3.05, 3.63) is 36.9 Å². The summed E-state index contributed by atoms with van der Waals surface area (Å²) in [4.78, 5) is 12.3. The lowest BCUT2D eigenvalue weighted by atomic mass is 10.0. The molecule has 4 heteroatoms. The molecule has 0 aliphatic carbocycles. The maximum atomic E-state index is 12.3. The molecule has 0 radical (unpaired) electrons. The molecular formula is C26H41N3O. The first-order chi connectivity index (χ1) is 14.8. The van der Waals surface area contributed by atoms with Crippen LogP contribution in [0, 0.1) is 0 Å². The van der Waals surface area contributed by atoms with Crippen LogP contribution in [0.1, 0.15) is 114 Å². The molecule has 0 fully saturated rings. The summed E-state index contributed by atoms with van der Waals surface area (Å²) < 4.78 is 1.46. The average Bonchev–Trinajstić information content (AvgIpc) is 3.20. The Bertz CT molecular complexity index is 722. The Morgan fingerprint density at radius 1 is 0.767 bits per heavy atom. The average molecular weight is 412 g/mol. The number of rotatable bonds is 18. The van der Waals surface area contributed by atoms with Crippen molar-refractivity contribution in [1.82, 2.24) is 15.0 Å². The fourth-order valence-electron chi connectivity index (χ4n) is 4.02. The fourth-order valence-corrected chi connectivity index (χ4v) is 4.02. The minimum absolute atomic E-state index is 0.0560. The van der Waals surface area contributed by atoms with E-state index in [-0.39, 0.29) is 5.91 Å². The lowest BCUT2D eigenvalue weighted by molar-refractivity contribution is 0.0886. The van der Waals surface area contributed by atoms with Crippen LogP contribution in [0.2, 0.25) is 0 Å². The number of aromatic nitrogens is 3. The second-order valence-corrected chi connectivity index (χ2v) is 8.51. The number of nitrogens with zero attached hydrogens (tertiary/aromatic N) is 3. The Labute approximate surface area is 183 Å². The van der Waals surface area contributed by atoms with Crippen LogP contribution in [0.4, 0.5) is 0 Å². The largest absolute Gasteiger partial charge is 0.273 e. The van der Waals surface area contributed by atoms with Crippen molar-refractivity contribution in [2.45, 2.75) is 109 Å². The van der Waals surface area contributed by atoms with Crippen molar-refractivity contribution in [3.63, 3.8) is 0 Å². The van der Waals surface area contributed by atoms with Crippen LogP contribution >= 0.6 is 0 Å². The number of hydrogen-bond acceptors (Lipinski definition) is 3. The Morgan fingerprint density at radius 2 is 1.27 bits per heavy atom. The smallest absolute Gasteiger partial charge is 0.248 e. The number of para-hydroxylation sites is 1. The summed E-state index contributed by atoms with van der Waals surface area (Å²) >= 11 is 0. The predicted molar refractivity (Wildman–Crippen MR) is 127 cm³/mol. The van der Waals surface area contributed by atoms with E-state index in [2.05, 4.69) is 16.9 Å². The third kappa shape index (κ3) is 9.69. The Hall–Kier alpha value is -1.97. The minimum atomic E-state index is 0.0560. The van der Waals surface area contributed by atoms with Gasteiger partial charge in [0.2, 0.25) is 5.91 Å². The van der Waals surface area contributed by atoms with Gasteiger partial charge in [0.25, 0.3) is 0 Å². The van der Waals surface area contributed by atoms with E-state index in [1.165, 1.54) is 94.6 Å². The first kappa shape index (κ1) is 24.3. The number of hydrogen-bond donors (Lipinski definition) is 0. The number of benzene rings is 1. The normalized spacial score (nSPS) is 11.2. The van der Waals surface area contributed by atoms with E-state index in [9.17, 15) is 4.79 Å². The van der Waals surface area contributed by atoms with Gasteiger partial charge in [-0.2, -0.15) is 4.68 Å². The van der Waals surface area contributed by atoms with Crippen molar-refractivity contribution in [2.24, 2.45) is 0 Å². The van der Waals surface area contributed by atoms with Crippen molar-refractivity contribution in [2.75, 3.05) is 0 Å². The van der Waals surface area contributed by atoms with Crippen molar-refractivity contribution in [1.29, 1.82) is 0 Å². The zero-order valence-electron chi connectivity index (χ0n) is 18.9. The molecule has 0 amide bonds. The maximum Gasteiger partial charge on any atom is 0.248 e. The van der Waals surface area contributed by atoms with Crippen LogP contribution in [-0.4, -0.2) is 20.9 Å². The zero-order chi connectivity index (χ0) is 21.3. The molecule has 2 aromatic rings. The summed E-state index contributed by atoms with van der Waals surface area (Å²) in [5.41, 5.74) is 1.59. The van der Waals surface area contributed by atoms with Gasteiger partial charge in [-0.05, 0) is 31.4 Å². The summed E-state index contributed by atoms with van der Waals surface area (Å²) in [6.07, 6.45) is 23.6. The lowest BCUT2D eigenvalue weighted by Crippen LogP contribution is -2.12. The van der Waals surface area contributed by atoms with E-state index in [1.807, 2.05) is 30.3 Å². The van der Waals surface area contributed by atoms with Crippen LogP contribution < -0.4 is 0 Å². The molecule has 0 aliphatic heterocycles. The number of carbonyl (C=O) groups excluding carboxylic acids is 1. The lowest BCUT2D eigenvalue weighted by Gasteiger charge is -2.04. The van der Waals surface area contributed by atoms with Gasteiger partial charge < -0.3 is 0 Å². The predicted octanol–water partition coefficient (Wildman–Crippen LogP) is 7.89. The summed E-state index contributed by atoms with van der Waals surface area (Å²) in [6.45, 7) is 3.77. The molecule has 0 saturated heterocycles. The van der Waals surface area contributed by atoms with Crippen molar-refractivity contribution < 1.29 is 4.79 Å². The van der Waals surface area contributed by atoms with Gasteiger partial charge in [0, 0.05) is 6.42 Å². The first-order valence-corrected chi connectivity index (χ1v) is 12.3. The van der Waals surface area contributed by atoms with Gasteiger partial charge in [-0.3, -0.25) is 4.79 Å². The van der Waals surface area contributed by atoms with E-state index >= 15 is 0 Å². The van der Waals surface area contributed by atoms with Gasteiger partial charge in [-0.1, -0.05) is 107 Å². The maximum absolute atomic E-state index is 12.3. The second kappa shape index (κ2) is 15.8. The van der Waals surface area contributed by atoms with Crippen molar-refractivity contribution >= 4 is 16.9 Å². The molecule has 2 rings (SSSR count). The number of allylic oxidation sites excluding steroid dienone is 1. The Morgan fingerprint density at radius 3 is 1.83 bits per heavy atom. The van der Waals surface area contributed by atoms with Crippen LogP contribution in [0.15, 0.2) is 36.9 Å². The molecule has 0 N–H and O–H groups in total. The van der Waals surface area contributed by atoms with Crippen LogP contribution in [0.3, 0.4) is 0 Å². The Balaban J connectivity index is 1.35. The van der Waals surface area contributed by atoms with E-state index in [0.29, 0.717) is 6.42 Å². The molecule has 4 nitrogen and oxygen atoms in total. The zero-order valence-corrected chi connectivity index (χ0v) is 18.9. The molecule has 0 saturated carbocycles. The van der Waals surface area contributed by atoms with Crippen LogP contribution in [0.25, 0.3) is 11.0 Å². The van der Waals surface area contributed by atoms with Gasteiger partial charge in [-0.15, -0.1) is 11.7 Å². The van der Waals surface area contributed by atoms with E-state index in [0.717, 1.165) is 23.9 Å².